The molecule has 2 heterocycles. The highest BCUT2D eigenvalue weighted by Crippen LogP contribution is 2.28. The Labute approximate surface area is 160 Å². The van der Waals surface area contributed by atoms with E-state index in [0.29, 0.717) is 58.1 Å². The van der Waals surface area contributed by atoms with Crippen molar-refractivity contribution in [3.8, 4) is 0 Å². The Hall–Kier alpha value is -1.54. The zero-order chi connectivity index (χ0) is 19.1. The van der Waals surface area contributed by atoms with Crippen LogP contribution >= 0.6 is 0 Å². The largest absolute Gasteiger partial charge is 0.379 e. The van der Waals surface area contributed by atoms with Gasteiger partial charge in [0.1, 0.15) is 11.9 Å². The van der Waals surface area contributed by atoms with E-state index in [-0.39, 0.29) is 17.8 Å². The number of likely N-dealkylation sites (tertiary alicyclic amines) is 1. The van der Waals surface area contributed by atoms with Crippen molar-refractivity contribution in [3.63, 3.8) is 0 Å². The van der Waals surface area contributed by atoms with Crippen LogP contribution in [0.2, 0.25) is 0 Å². The summed E-state index contributed by atoms with van der Waals surface area (Å²) < 4.78 is 25.7. The summed E-state index contributed by atoms with van der Waals surface area (Å²) in [7, 11) is 0. The minimum absolute atomic E-state index is 0.0255. The summed E-state index contributed by atoms with van der Waals surface area (Å²) in [5.41, 5.74) is 5.95. The lowest BCUT2D eigenvalue weighted by molar-refractivity contribution is -0.142. The molecule has 1 amide bonds. The van der Waals surface area contributed by atoms with Crippen LogP contribution in [0.25, 0.3) is 0 Å². The quantitative estimate of drug-likeness (QED) is 0.728. The first-order chi connectivity index (χ1) is 13.2. The molecule has 0 aromatic heterocycles. The van der Waals surface area contributed by atoms with Crippen molar-refractivity contribution >= 4 is 5.91 Å². The van der Waals surface area contributed by atoms with Gasteiger partial charge in [0.2, 0.25) is 5.91 Å². The van der Waals surface area contributed by atoms with Gasteiger partial charge in [0.05, 0.1) is 19.3 Å². The number of nitrogens with two attached hydrogens (primary N) is 1. The molecule has 27 heavy (non-hydrogen) atoms. The van der Waals surface area contributed by atoms with Crippen molar-refractivity contribution in [2.24, 2.45) is 5.73 Å². The van der Waals surface area contributed by atoms with Crippen LogP contribution in [0, 0.1) is 5.82 Å². The first-order valence-electron chi connectivity index (χ1n) is 9.87. The molecule has 3 rings (SSSR count). The van der Waals surface area contributed by atoms with Gasteiger partial charge in [-0.1, -0.05) is 18.2 Å². The summed E-state index contributed by atoms with van der Waals surface area (Å²) in [5, 5.41) is 0. The summed E-state index contributed by atoms with van der Waals surface area (Å²) >= 11 is 0. The Bertz CT molecular complexity index is 602. The second-order valence-corrected chi connectivity index (χ2v) is 7.11. The first kappa shape index (κ1) is 20.2. The fourth-order valence-electron chi connectivity index (χ4n) is 3.77. The van der Waals surface area contributed by atoms with Crippen LogP contribution in [0.5, 0.6) is 0 Å². The average Bonchev–Trinajstić information content (AvgIpc) is 2.71. The number of rotatable bonds is 7. The van der Waals surface area contributed by atoms with Gasteiger partial charge in [0, 0.05) is 38.3 Å². The second-order valence-electron chi connectivity index (χ2n) is 7.11. The molecule has 1 unspecified atom stereocenters. The molecule has 0 aliphatic carbocycles. The Morgan fingerprint density at radius 2 is 1.93 bits per heavy atom. The molecule has 1 atom stereocenters. The summed E-state index contributed by atoms with van der Waals surface area (Å²) in [5.74, 6) is -0.357. The zero-order valence-electron chi connectivity index (χ0n) is 15.8. The lowest BCUT2D eigenvalue weighted by Gasteiger charge is -2.39. The highest BCUT2D eigenvalue weighted by molar-refractivity contribution is 5.83. The number of benzene rings is 1. The second kappa shape index (κ2) is 10.1. The molecule has 2 fully saturated rings. The van der Waals surface area contributed by atoms with E-state index in [0.717, 1.165) is 19.3 Å². The van der Waals surface area contributed by atoms with E-state index in [2.05, 4.69) is 0 Å². The fourth-order valence-corrected chi connectivity index (χ4v) is 3.77. The van der Waals surface area contributed by atoms with Gasteiger partial charge in [0.25, 0.3) is 0 Å². The molecule has 2 saturated heterocycles. The predicted octanol–water partition coefficient (Wildman–Crippen LogP) is 1.56. The monoisotopic (exact) mass is 379 g/mol. The van der Waals surface area contributed by atoms with Gasteiger partial charge in [-0.3, -0.25) is 9.69 Å². The number of amides is 1. The van der Waals surface area contributed by atoms with Crippen LogP contribution in [-0.2, 0) is 14.3 Å². The summed E-state index contributed by atoms with van der Waals surface area (Å²) in [6.45, 7) is 4.96. The molecular formula is C20H30FN3O3. The van der Waals surface area contributed by atoms with Crippen LogP contribution in [0.3, 0.4) is 0 Å². The predicted molar refractivity (Wildman–Crippen MR) is 101 cm³/mol. The van der Waals surface area contributed by atoms with E-state index in [1.54, 1.807) is 18.2 Å². The van der Waals surface area contributed by atoms with E-state index in [4.69, 9.17) is 15.2 Å². The standard InChI is InChI=1S/C20H30FN3O3/c21-18-5-2-1-4-17(18)19(23-11-14-26-15-12-23)20(25)24-9-6-16(7-10-24)27-13-3-8-22/h1-2,4-5,16,19H,3,6-15,22H2. The SMILES string of the molecule is NCCCOC1CCN(C(=O)C(c2ccccc2F)N2CCOCC2)CC1. The third-order valence-electron chi connectivity index (χ3n) is 5.30. The van der Waals surface area contributed by atoms with Crippen molar-refractivity contribution in [1.29, 1.82) is 0 Å². The van der Waals surface area contributed by atoms with E-state index >= 15 is 0 Å². The lowest BCUT2D eigenvalue weighted by atomic mass is 10.00. The number of morpholine rings is 1. The van der Waals surface area contributed by atoms with Gasteiger partial charge < -0.3 is 20.1 Å². The molecule has 2 aliphatic rings. The molecular weight excluding hydrogens is 349 g/mol. The lowest BCUT2D eigenvalue weighted by Crippen LogP contribution is -2.50. The Balaban J connectivity index is 1.68. The first-order valence-corrected chi connectivity index (χ1v) is 9.87. The number of halogens is 1. The number of carbonyl (C=O) groups excluding carboxylic acids is 1. The third-order valence-corrected chi connectivity index (χ3v) is 5.30. The van der Waals surface area contributed by atoms with Crippen LogP contribution < -0.4 is 5.73 Å². The third kappa shape index (κ3) is 5.25. The molecule has 2 N–H and O–H groups in total. The number of hydrogen-bond donors (Lipinski definition) is 1. The van der Waals surface area contributed by atoms with E-state index in [1.807, 2.05) is 9.80 Å². The van der Waals surface area contributed by atoms with Crippen molar-refractivity contribution in [3.05, 3.63) is 35.6 Å². The minimum Gasteiger partial charge on any atom is -0.379 e. The molecule has 7 heteroatoms. The minimum atomic E-state index is -0.593. The van der Waals surface area contributed by atoms with Crippen molar-refractivity contribution < 1.29 is 18.7 Å². The van der Waals surface area contributed by atoms with E-state index in [1.165, 1.54) is 6.07 Å². The number of ether oxygens (including phenoxy) is 2. The molecule has 0 saturated carbocycles. The van der Waals surface area contributed by atoms with Crippen molar-refractivity contribution in [2.45, 2.75) is 31.4 Å². The van der Waals surface area contributed by atoms with E-state index in [9.17, 15) is 9.18 Å². The Morgan fingerprint density at radius 1 is 1.22 bits per heavy atom. The summed E-state index contributed by atoms with van der Waals surface area (Å²) in [4.78, 5) is 17.2. The zero-order valence-corrected chi connectivity index (χ0v) is 15.8. The maximum Gasteiger partial charge on any atom is 0.244 e. The van der Waals surface area contributed by atoms with Crippen LogP contribution in [0.4, 0.5) is 4.39 Å². The number of hydrogen-bond acceptors (Lipinski definition) is 5. The topological polar surface area (TPSA) is 68.0 Å². The maximum absolute atomic E-state index is 14.5. The van der Waals surface area contributed by atoms with Gasteiger partial charge in [-0.25, -0.2) is 4.39 Å². The van der Waals surface area contributed by atoms with Crippen LogP contribution in [0.1, 0.15) is 30.9 Å². The molecule has 0 spiro atoms. The van der Waals surface area contributed by atoms with E-state index < -0.39 is 6.04 Å². The number of piperidine rings is 1. The molecule has 0 bridgehead atoms. The molecule has 1 aromatic carbocycles. The average molecular weight is 379 g/mol. The fraction of sp³-hybridized carbons (Fsp3) is 0.650. The molecule has 150 valence electrons. The summed E-state index contributed by atoms with van der Waals surface area (Å²) in [6, 6.07) is 5.99. The van der Waals surface area contributed by atoms with Gasteiger partial charge in [-0.2, -0.15) is 0 Å². The molecule has 6 nitrogen and oxygen atoms in total. The highest BCUT2D eigenvalue weighted by atomic mass is 19.1. The van der Waals surface area contributed by atoms with Gasteiger partial charge in [-0.05, 0) is 31.9 Å². The Morgan fingerprint density at radius 3 is 2.59 bits per heavy atom. The Kier molecular flexibility index (Phi) is 7.58. The van der Waals surface area contributed by atoms with Gasteiger partial charge in [-0.15, -0.1) is 0 Å². The summed E-state index contributed by atoms with van der Waals surface area (Å²) in [6.07, 6.45) is 2.65. The highest BCUT2D eigenvalue weighted by Gasteiger charge is 2.35. The van der Waals surface area contributed by atoms with Gasteiger partial charge >= 0.3 is 0 Å². The maximum atomic E-state index is 14.5. The number of nitrogens with zero attached hydrogens (tertiary/aromatic N) is 2. The normalized spacial score (nSPS) is 20.6. The van der Waals surface area contributed by atoms with Crippen molar-refractivity contribution in [1.82, 2.24) is 9.80 Å². The number of carbonyl (C=O) groups is 1. The molecule has 2 aliphatic heterocycles. The van der Waals surface area contributed by atoms with Crippen molar-refractivity contribution in [2.75, 3.05) is 52.5 Å². The molecule has 1 aromatic rings. The van der Waals surface area contributed by atoms with Gasteiger partial charge in [0.15, 0.2) is 0 Å². The molecule has 0 radical (unpaired) electrons. The smallest absolute Gasteiger partial charge is 0.244 e. The van der Waals surface area contributed by atoms with Crippen LogP contribution in [0.15, 0.2) is 24.3 Å². The van der Waals surface area contributed by atoms with Crippen LogP contribution in [-0.4, -0.2) is 74.4 Å².